The lowest BCUT2D eigenvalue weighted by Crippen LogP contribution is -2.49. The second kappa shape index (κ2) is 9.39. The molecule has 6 heteroatoms. The number of hydrogen-bond acceptors (Lipinski definition) is 5. The Bertz CT molecular complexity index is 864. The van der Waals surface area contributed by atoms with Crippen LogP contribution in [-0.2, 0) is 4.79 Å². The second-order valence-electron chi connectivity index (χ2n) is 8.23. The van der Waals surface area contributed by atoms with Gasteiger partial charge >= 0.3 is 0 Å². The average molecular weight is 410 g/mol. The van der Waals surface area contributed by atoms with Gasteiger partial charge in [0.05, 0.1) is 0 Å². The Morgan fingerprint density at radius 2 is 1.87 bits per heavy atom. The number of piperazine rings is 1. The summed E-state index contributed by atoms with van der Waals surface area (Å²) >= 11 is 0. The number of hydrogen-bond donors (Lipinski definition) is 1. The van der Waals surface area contributed by atoms with Crippen LogP contribution in [0.3, 0.4) is 0 Å². The van der Waals surface area contributed by atoms with Crippen molar-refractivity contribution < 1.29 is 14.3 Å². The molecule has 2 unspecified atom stereocenters. The number of anilines is 1. The van der Waals surface area contributed by atoms with E-state index in [0.717, 1.165) is 39.1 Å². The maximum Gasteiger partial charge on any atom is 0.264 e. The molecule has 0 spiro atoms. The van der Waals surface area contributed by atoms with Crippen LogP contribution in [0.25, 0.3) is 0 Å². The van der Waals surface area contributed by atoms with Crippen molar-refractivity contribution in [1.29, 1.82) is 0 Å². The SMILES string of the molecule is Cc1cccc(N2CCN(CCC(C)NC(=O)C3COc4ccccc4O3)CC2)c1. The number of rotatable bonds is 6. The molecule has 2 aromatic rings. The topological polar surface area (TPSA) is 54.0 Å². The maximum absolute atomic E-state index is 12.6. The molecule has 2 aliphatic rings. The third kappa shape index (κ3) is 5.05. The molecule has 6 nitrogen and oxygen atoms in total. The summed E-state index contributed by atoms with van der Waals surface area (Å²) < 4.78 is 11.4. The highest BCUT2D eigenvalue weighted by molar-refractivity contribution is 5.82. The Morgan fingerprint density at radius 1 is 1.10 bits per heavy atom. The van der Waals surface area contributed by atoms with Gasteiger partial charge in [0.2, 0.25) is 6.10 Å². The minimum atomic E-state index is -0.597. The summed E-state index contributed by atoms with van der Waals surface area (Å²) in [5.41, 5.74) is 2.61. The van der Waals surface area contributed by atoms with Gasteiger partial charge in [-0.2, -0.15) is 0 Å². The largest absolute Gasteiger partial charge is 0.485 e. The molecule has 2 aromatic carbocycles. The number of amides is 1. The highest BCUT2D eigenvalue weighted by Gasteiger charge is 2.28. The van der Waals surface area contributed by atoms with Crippen molar-refractivity contribution in [2.45, 2.75) is 32.4 Å². The molecule has 2 atom stereocenters. The van der Waals surface area contributed by atoms with E-state index in [2.05, 4.69) is 53.2 Å². The molecular formula is C24H31N3O3. The summed E-state index contributed by atoms with van der Waals surface area (Å²) in [4.78, 5) is 17.5. The number of carbonyl (C=O) groups excluding carboxylic acids is 1. The van der Waals surface area contributed by atoms with Crippen molar-refractivity contribution in [2.24, 2.45) is 0 Å². The van der Waals surface area contributed by atoms with Crippen LogP contribution in [0.5, 0.6) is 11.5 Å². The van der Waals surface area contributed by atoms with Gasteiger partial charge in [-0.1, -0.05) is 24.3 Å². The third-order valence-corrected chi connectivity index (χ3v) is 5.81. The van der Waals surface area contributed by atoms with Crippen LogP contribution < -0.4 is 19.7 Å². The van der Waals surface area contributed by atoms with E-state index in [1.807, 2.05) is 24.3 Å². The van der Waals surface area contributed by atoms with Gasteiger partial charge in [0.15, 0.2) is 11.5 Å². The maximum atomic E-state index is 12.6. The van der Waals surface area contributed by atoms with Gasteiger partial charge < -0.3 is 19.7 Å². The van der Waals surface area contributed by atoms with Gasteiger partial charge in [-0.05, 0) is 50.1 Å². The first kappa shape index (κ1) is 20.5. The molecule has 2 aliphatic heterocycles. The minimum Gasteiger partial charge on any atom is -0.485 e. The van der Waals surface area contributed by atoms with E-state index in [9.17, 15) is 4.79 Å². The third-order valence-electron chi connectivity index (χ3n) is 5.81. The normalized spacial score (nSPS) is 19.9. The Hall–Kier alpha value is -2.73. The number of fused-ring (bicyclic) bond motifs is 1. The zero-order valence-corrected chi connectivity index (χ0v) is 17.8. The molecule has 1 N–H and O–H groups in total. The van der Waals surface area contributed by atoms with Gasteiger partial charge in [-0.3, -0.25) is 9.69 Å². The fourth-order valence-corrected chi connectivity index (χ4v) is 3.99. The van der Waals surface area contributed by atoms with Crippen molar-refractivity contribution in [3.63, 3.8) is 0 Å². The zero-order valence-electron chi connectivity index (χ0n) is 17.8. The standard InChI is InChI=1S/C24H31N3O3/c1-18-6-5-7-20(16-18)27-14-12-26(13-15-27)11-10-19(2)25-24(28)23-17-29-21-8-3-4-9-22(21)30-23/h3-9,16,19,23H,10-15,17H2,1-2H3,(H,25,28). The molecule has 2 heterocycles. The Kier molecular flexibility index (Phi) is 6.43. The number of nitrogens with zero attached hydrogens (tertiary/aromatic N) is 2. The van der Waals surface area contributed by atoms with E-state index in [1.54, 1.807) is 0 Å². The summed E-state index contributed by atoms with van der Waals surface area (Å²) in [6.45, 7) is 9.59. The summed E-state index contributed by atoms with van der Waals surface area (Å²) in [5, 5.41) is 3.08. The molecule has 0 aliphatic carbocycles. The number of nitrogens with one attached hydrogen (secondary N) is 1. The van der Waals surface area contributed by atoms with Crippen LogP contribution in [-0.4, -0.2) is 62.3 Å². The molecule has 0 saturated carbocycles. The Balaban J connectivity index is 1.18. The molecule has 0 bridgehead atoms. The summed E-state index contributed by atoms with van der Waals surface area (Å²) in [6, 6.07) is 16.3. The minimum absolute atomic E-state index is 0.0908. The second-order valence-corrected chi connectivity index (χ2v) is 8.23. The van der Waals surface area contributed by atoms with Crippen LogP contribution in [0.1, 0.15) is 18.9 Å². The van der Waals surface area contributed by atoms with E-state index < -0.39 is 6.10 Å². The van der Waals surface area contributed by atoms with Crippen molar-refractivity contribution in [2.75, 3.05) is 44.2 Å². The van der Waals surface area contributed by atoms with Crippen LogP contribution in [0.15, 0.2) is 48.5 Å². The van der Waals surface area contributed by atoms with Crippen molar-refractivity contribution in [1.82, 2.24) is 10.2 Å². The van der Waals surface area contributed by atoms with Crippen molar-refractivity contribution in [3.8, 4) is 11.5 Å². The average Bonchev–Trinajstić information content (AvgIpc) is 2.77. The molecule has 1 saturated heterocycles. The van der Waals surface area contributed by atoms with Gasteiger partial charge in [-0.25, -0.2) is 0 Å². The zero-order chi connectivity index (χ0) is 20.9. The number of benzene rings is 2. The van der Waals surface area contributed by atoms with E-state index in [0.29, 0.717) is 11.5 Å². The lowest BCUT2D eigenvalue weighted by molar-refractivity contribution is -0.131. The fraction of sp³-hybridized carbons (Fsp3) is 0.458. The number of aryl methyl sites for hydroxylation is 1. The predicted octanol–water partition coefficient (Wildman–Crippen LogP) is 2.85. The molecule has 160 valence electrons. The Morgan fingerprint density at radius 3 is 2.63 bits per heavy atom. The number of para-hydroxylation sites is 2. The fourth-order valence-electron chi connectivity index (χ4n) is 3.99. The highest BCUT2D eigenvalue weighted by Crippen LogP contribution is 2.30. The molecular weight excluding hydrogens is 378 g/mol. The molecule has 1 fully saturated rings. The molecule has 1 amide bonds. The highest BCUT2D eigenvalue weighted by atomic mass is 16.6. The molecule has 30 heavy (non-hydrogen) atoms. The predicted molar refractivity (Wildman–Crippen MR) is 118 cm³/mol. The Labute approximate surface area is 178 Å². The van der Waals surface area contributed by atoms with Crippen LogP contribution in [0, 0.1) is 6.92 Å². The summed E-state index contributed by atoms with van der Waals surface area (Å²) in [7, 11) is 0. The smallest absolute Gasteiger partial charge is 0.264 e. The quantitative estimate of drug-likeness (QED) is 0.795. The first-order chi connectivity index (χ1) is 14.6. The number of carbonyl (C=O) groups is 1. The van der Waals surface area contributed by atoms with Gasteiger partial charge in [0.25, 0.3) is 5.91 Å². The first-order valence-corrected chi connectivity index (χ1v) is 10.8. The van der Waals surface area contributed by atoms with E-state index >= 15 is 0 Å². The van der Waals surface area contributed by atoms with Crippen LogP contribution >= 0.6 is 0 Å². The monoisotopic (exact) mass is 409 g/mol. The van der Waals surface area contributed by atoms with Crippen LogP contribution in [0.2, 0.25) is 0 Å². The molecule has 0 aromatic heterocycles. The van der Waals surface area contributed by atoms with Gasteiger partial charge in [0.1, 0.15) is 6.61 Å². The van der Waals surface area contributed by atoms with E-state index in [-0.39, 0.29) is 18.6 Å². The van der Waals surface area contributed by atoms with Crippen molar-refractivity contribution >= 4 is 11.6 Å². The molecule has 0 radical (unpaired) electrons. The lowest BCUT2D eigenvalue weighted by atomic mass is 10.1. The summed E-state index contributed by atoms with van der Waals surface area (Å²) in [5.74, 6) is 1.21. The first-order valence-electron chi connectivity index (χ1n) is 10.8. The van der Waals surface area contributed by atoms with Crippen molar-refractivity contribution in [3.05, 3.63) is 54.1 Å². The lowest BCUT2D eigenvalue weighted by Gasteiger charge is -2.36. The summed E-state index contributed by atoms with van der Waals surface area (Å²) in [6.07, 6.45) is 0.320. The van der Waals surface area contributed by atoms with Gasteiger partial charge in [0, 0.05) is 44.5 Å². The van der Waals surface area contributed by atoms with Gasteiger partial charge in [-0.15, -0.1) is 0 Å². The molecule has 4 rings (SSSR count). The van der Waals surface area contributed by atoms with E-state index in [4.69, 9.17) is 9.47 Å². The van der Waals surface area contributed by atoms with E-state index in [1.165, 1.54) is 11.3 Å². The van der Waals surface area contributed by atoms with Crippen LogP contribution in [0.4, 0.5) is 5.69 Å². The number of ether oxygens (including phenoxy) is 2.